The molecule has 0 saturated heterocycles. The molecule has 5 nitrogen and oxygen atoms in total. The molecule has 1 heterocycles. The summed E-state index contributed by atoms with van der Waals surface area (Å²) in [5, 5.41) is 15.2. The third kappa shape index (κ3) is 2.46. The van der Waals surface area contributed by atoms with Crippen molar-refractivity contribution in [3.05, 3.63) is 11.8 Å². The number of hydrogen-bond acceptors (Lipinski definition) is 4. The van der Waals surface area contributed by atoms with Crippen molar-refractivity contribution in [2.24, 2.45) is 5.10 Å². The number of carbonyl (C=O) groups excluding carboxylic acids is 1. The van der Waals surface area contributed by atoms with Crippen LogP contribution in [0.4, 0.5) is 0 Å². The monoisotopic (exact) mass is 192 g/mol. The summed E-state index contributed by atoms with van der Waals surface area (Å²) in [7, 11) is 1.47. The molecular weight excluding hydrogens is 183 g/mol. The summed E-state index contributed by atoms with van der Waals surface area (Å²) in [5.74, 6) is -0.312. The molecule has 1 amide bonds. The Hall–Kier alpha value is -0.520. The predicted molar refractivity (Wildman–Crippen MR) is 39.9 cm³/mol. The van der Waals surface area contributed by atoms with Crippen LogP contribution in [0, 0.1) is 0 Å². The molecule has 0 radical (unpaired) electrons. The molecule has 0 fully saturated rings. The maximum Gasteiger partial charge on any atom is 1.00 e. The third-order valence-electron chi connectivity index (χ3n) is 1.39. The van der Waals surface area contributed by atoms with Crippen LogP contribution in [0.3, 0.4) is 0 Å². The van der Waals surface area contributed by atoms with Crippen LogP contribution in [0.15, 0.2) is 16.9 Å². The van der Waals surface area contributed by atoms with Gasteiger partial charge in [-0.2, -0.15) is 0 Å². The van der Waals surface area contributed by atoms with Gasteiger partial charge in [0.25, 0.3) is 5.91 Å². The maximum absolute atomic E-state index is 11.1. The smallest absolute Gasteiger partial charge is 0.877 e. The second-order valence-electron chi connectivity index (χ2n) is 2.20. The Kier molecular flexibility index (Phi) is 5.05. The second kappa shape index (κ2) is 5.26. The van der Waals surface area contributed by atoms with Crippen LogP contribution in [0.1, 0.15) is 6.92 Å². The van der Waals surface area contributed by atoms with Gasteiger partial charge in [0.05, 0.1) is 12.2 Å². The van der Waals surface area contributed by atoms with Gasteiger partial charge in [0.1, 0.15) is 0 Å². The maximum atomic E-state index is 11.1. The van der Waals surface area contributed by atoms with Gasteiger partial charge in [-0.1, -0.05) is 0 Å². The first-order valence-corrected chi connectivity index (χ1v) is 3.52. The molecule has 0 aromatic carbocycles. The molecule has 13 heavy (non-hydrogen) atoms. The van der Waals surface area contributed by atoms with Gasteiger partial charge < -0.3 is 9.84 Å². The molecule has 0 aromatic heterocycles. The van der Waals surface area contributed by atoms with Crippen LogP contribution in [0.5, 0.6) is 0 Å². The van der Waals surface area contributed by atoms with Crippen molar-refractivity contribution in [1.82, 2.24) is 5.01 Å². The molecule has 0 saturated carbocycles. The summed E-state index contributed by atoms with van der Waals surface area (Å²) in [4.78, 5) is 11.1. The Bertz CT molecular complexity index is 262. The van der Waals surface area contributed by atoms with Gasteiger partial charge in [0, 0.05) is 7.05 Å². The van der Waals surface area contributed by atoms with E-state index >= 15 is 0 Å². The van der Waals surface area contributed by atoms with Crippen LogP contribution >= 0.6 is 0 Å². The Morgan fingerprint density at radius 1 is 1.69 bits per heavy atom. The van der Waals surface area contributed by atoms with Crippen molar-refractivity contribution >= 4 is 11.8 Å². The van der Waals surface area contributed by atoms with Gasteiger partial charge in [-0.3, -0.25) is 4.79 Å². The molecule has 0 aromatic rings. The van der Waals surface area contributed by atoms with Gasteiger partial charge in [-0.05, 0) is 6.92 Å². The van der Waals surface area contributed by atoms with E-state index < -0.39 is 5.91 Å². The Labute approximate surface area is 98.3 Å². The van der Waals surface area contributed by atoms with Crippen LogP contribution in [-0.2, 0) is 9.53 Å². The molecule has 1 rings (SSSR count). The molecule has 66 valence electrons. The minimum atomic E-state index is -0.423. The first-order chi connectivity index (χ1) is 5.70. The third-order valence-corrected chi connectivity index (χ3v) is 1.39. The number of nitrogens with zero attached hydrogens (tertiary/aromatic N) is 2. The molecule has 0 unspecified atom stereocenters. The number of hydrogen-bond donors (Lipinski definition) is 0. The van der Waals surface area contributed by atoms with E-state index in [1.54, 1.807) is 6.92 Å². The topological polar surface area (TPSA) is 65.0 Å². The van der Waals surface area contributed by atoms with E-state index in [2.05, 4.69) is 5.10 Å². The van der Waals surface area contributed by atoms with E-state index in [0.717, 1.165) is 5.01 Å². The number of amides is 1. The summed E-state index contributed by atoms with van der Waals surface area (Å²) >= 11 is 0. The quantitative estimate of drug-likeness (QED) is 0.242. The van der Waals surface area contributed by atoms with Crippen LogP contribution in [-0.4, -0.2) is 30.5 Å². The van der Waals surface area contributed by atoms with Crippen molar-refractivity contribution in [1.29, 1.82) is 0 Å². The van der Waals surface area contributed by atoms with Crippen molar-refractivity contribution in [3.63, 3.8) is 0 Å². The normalized spacial score (nSPS) is 18.6. The van der Waals surface area contributed by atoms with Crippen molar-refractivity contribution in [2.45, 2.75) is 6.92 Å². The zero-order chi connectivity index (χ0) is 9.14. The Balaban J connectivity index is 0.00000144. The summed E-state index contributed by atoms with van der Waals surface area (Å²) in [6, 6.07) is 0. The SMILES string of the molecule is CCOC1=NN(C)C(=O)/C1=C/[O-].[Na+]. The van der Waals surface area contributed by atoms with E-state index in [4.69, 9.17) is 4.74 Å². The standard InChI is InChI=1S/C7H10N2O3.Na/c1-3-12-6-5(4-10)7(11)9(2)8-6;/h4,10H,3H2,1-2H3;/q;+1/p-1/b5-4+;. The number of likely N-dealkylation sites (N-methyl/N-ethyl adjacent to an activating group) is 1. The Morgan fingerprint density at radius 2 is 2.31 bits per heavy atom. The summed E-state index contributed by atoms with van der Waals surface area (Å²) in [6.07, 6.45) is 0.459. The molecule has 1 aliphatic rings. The van der Waals surface area contributed by atoms with Crippen LogP contribution in [0.2, 0.25) is 0 Å². The number of carbonyl (C=O) groups is 1. The van der Waals surface area contributed by atoms with E-state index in [1.165, 1.54) is 7.05 Å². The molecule has 0 bridgehead atoms. The van der Waals surface area contributed by atoms with Crippen molar-refractivity contribution < 1.29 is 44.2 Å². The van der Waals surface area contributed by atoms with Gasteiger partial charge in [0.2, 0.25) is 5.90 Å². The molecule has 0 N–H and O–H groups in total. The fraction of sp³-hybridized carbons (Fsp3) is 0.429. The van der Waals surface area contributed by atoms with E-state index in [1.807, 2.05) is 0 Å². The van der Waals surface area contributed by atoms with Crippen LogP contribution < -0.4 is 34.7 Å². The molecule has 0 aliphatic carbocycles. The largest absolute Gasteiger partial charge is 1.00 e. The van der Waals surface area contributed by atoms with Crippen LogP contribution in [0.25, 0.3) is 0 Å². The second-order valence-corrected chi connectivity index (χ2v) is 2.20. The van der Waals surface area contributed by atoms with Crippen molar-refractivity contribution in [2.75, 3.05) is 13.7 Å². The molecule has 0 spiro atoms. The Morgan fingerprint density at radius 3 is 2.77 bits per heavy atom. The minimum Gasteiger partial charge on any atom is -0.877 e. The minimum absolute atomic E-state index is 0. The number of ether oxygens (including phenoxy) is 1. The fourth-order valence-corrected chi connectivity index (χ4v) is 0.845. The summed E-state index contributed by atoms with van der Waals surface area (Å²) < 4.78 is 4.97. The van der Waals surface area contributed by atoms with Gasteiger partial charge in [-0.15, -0.1) is 11.4 Å². The average Bonchev–Trinajstić information content (AvgIpc) is 2.29. The van der Waals surface area contributed by atoms with Gasteiger partial charge in [-0.25, -0.2) is 5.01 Å². The van der Waals surface area contributed by atoms with Gasteiger partial charge >= 0.3 is 29.6 Å². The van der Waals surface area contributed by atoms with E-state index in [-0.39, 0.29) is 41.0 Å². The zero-order valence-corrected chi connectivity index (χ0v) is 9.90. The molecule has 0 atom stereocenters. The predicted octanol–water partition coefficient (Wildman–Crippen LogP) is -3.94. The average molecular weight is 192 g/mol. The van der Waals surface area contributed by atoms with Gasteiger partial charge in [0.15, 0.2) is 0 Å². The number of rotatable bonds is 1. The van der Waals surface area contributed by atoms with E-state index in [0.29, 0.717) is 12.9 Å². The van der Waals surface area contributed by atoms with Crippen molar-refractivity contribution in [3.8, 4) is 0 Å². The first kappa shape index (κ1) is 12.5. The summed E-state index contributed by atoms with van der Waals surface area (Å²) in [6.45, 7) is 2.14. The fourth-order valence-electron chi connectivity index (χ4n) is 0.845. The molecular formula is C7H9N2NaO3. The molecule has 1 aliphatic heterocycles. The number of hydrazone groups is 1. The first-order valence-electron chi connectivity index (χ1n) is 3.52. The summed E-state index contributed by atoms with van der Waals surface area (Å²) in [5.41, 5.74) is -0.0145. The van der Waals surface area contributed by atoms with E-state index in [9.17, 15) is 9.90 Å². The molecule has 6 heteroatoms. The zero-order valence-electron chi connectivity index (χ0n) is 7.90.